The zero-order valence-corrected chi connectivity index (χ0v) is 11.1. The van der Waals surface area contributed by atoms with Crippen LogP contribution >= 0.6 is 0 Å². The fourth-order valence-corrected chi connectivity index (χ4v) is 1.94. The summed E-state index contributed by atoms with van der Waals surface area (Å²) in [5.74, 6) is 0. The fraction of sp³-hybridized carbons (Fsp3) is 0.400. The number of aliphatic hydroxyl groups is 1. The monoisotopic (exact) mass is 259 g/mol. The fourth-order valence-electron chi connectivity index (χ4n) is 1.94. The molecule has 0 amide bonds. The first-order valence-electron chi connectivity index (χ1n) is 6.81. The second-order valence-electron chi connectivity index (χ2n) is 4.55. The van der Waals surface area contributed by atoms with Gasteiger partial charge in [-0.2, -0.15) is 5.10 Å². The minimum absolute atomic E-state index is 0.293. The molecule has 0 unspecified atom stereocenters. The van der Waals surface area contributed by atoms with E-state index in [-0.39, 0.29) is 0 Å². The molecule has 2 aromatic rings. The van der Waals surface area contributed by atoms with Gasteiger partial charge in [0, 0.05) is 19.3 Å². The summed E-state index contributed by atoms with van der Waals surface area (Å²) < 4.78 is 1.89. The van der Waals surface area contributed by atoms with E-state index in [4.69, 9.17) is 5.11 Å². The lowest BCUT2D eigenvalue weighted by Gasteiger charge is -2.02. The number of hydrogen-bond donors (Lipinski definition) is 2. The Morgan fingerprint density at radius 1 is 1.05 bits per heavy atom. The molecule has 0 aliphatic heterocycles. The van der Waals surface area contributed by atoms with Crippen LogP contribution in [-0.2, 0) is 6.54 Å². The van der Waals surface area contributed by atoms with E-state index in [1.54, 1.807) is 0 Å². The van der Waals surface area contributed by atoms with Gasteiger partial charge in [-0.15, -0.1) is 0 Å². The molecule has 0 saturated heterocycles. The third kappa shape index (κ3) is 4.50. The Hall–Kier alpha value is -1.65. The maximum absolute atomic E-state index is 8.68. The van der Waals surface area contributed by atoms with E-state index in [1.165, 1.54) is 0 Å². The summed E-state index contributed by atoms with van der Waals surface area (Å²) in [5.41, 5.74) is 2.13. The lowest BCUT2D eigenvalue weighted by atomic mass is 10.2. The van der Waals surface area contributed by atoms with Crippen molar-refractivity contribution in [2.24, 2.45) is 0 Å². The predicted octanol–water partition coefficient (Wildman–Crippen LogP) is 2.12. The van der Waals surface area contributed by atoms with Crippen LogP contribution in [0.15, 0.2) is 42.6 Å². The highest BCUT2D eigenvalue weighted by Crippen LogP contribution is 2.06. The first kappa shape index (κ1) is 13.8. The van der Waals surface area contributed by atoms with E-state index in [9.17, 15) is 0 Å². The molecule has 19 heavy (non-hydrogen) atoms. The first-order chi connectivity index (χ1) is 9.40. The molecule has 0 aliphatic carbocycles. The van der Waals surface area contributed by atoms with E-state index >= 15 is 0 Å². The molecule has 2 N–H and O–H groups in total. The summed E-state index contributed by atoms with van der Waals surface area (Å²) in [4.78, 5) is 0. The van der Waals surface area contributed by atoms with Gasteiger partial charge in [0.25, 0.3) is 0 Å². The predicted molar refractivity (Wildman–Crippen MR) is 76.2 cm³/mol. The van der Waals surface area contributed by atoms with E-state index < -0.39 is 0 Å². The number of rotatable bonds is 8. The minimum Gasteiger partial charge on any atom is -0.396 e. The molecule has 0 fully saturated rings. The molecule has 102 valence electrons. The zero-order valence-electron chi connectivity index (χ0n) is 11.1. The van der Waals surface area contributed by atoms with Gasteiger partial charge in [0.05, 0.1) is 11.4 Å². The van der Waals surface area contributed by atoms with Crippen molar-refractivity contribution in [3.8, 4) is 5.69 Å². The Morgan fingerprint density at radius 3 is 2.68 bits per heavy atom. The largest absolute Gasteiger partial charge is 0.396 e. The number of hydrogen-bond acceptors (Lipinski definition) is 3. The topological polar surface area (TPSA) is 50.1 Å². The van der Waals surface area contributed by atoms with Crippen LogP contribution in [0.1, 0.15) is 25.0 Å². The molecule has 0 spiro atoms. The van der Waals surface area contributed by atoms with Gasteiger partial charge in [-0.25, -0.2) is 4.68 Å². The van der Waals surface area contributed by atoms with Crippen molar-refractivity contribution >= 4 is 0 Å². The Morgan fingerprint density at radius 2 is 1.89 bits per heavy atom. The highest BCUT2D eigenvalue weighted by Gasteiger charge is 2.00. The first-order valence-corrected chi connectivity index (χ1v) is 6.81. The molecule has 0 aliphatic rings. The molecule has 0 atom stereocenters. The summed E-state index contributed by atoms with van der Waals surface area (Å²) in [6.45, 7) is 2.05. The normalized spacial score (nSPS) is 10.8. The lowest BCUT2D eigenvalue weighted by molar-refractivity contribution is 0.283. The van der Waals surface area contributed by atoms with E-state index in [0.29, 0.717) is 6.61 Å². The van der Waals surface area contributed by atoms with Crippen molar-refractivity contribution < 1.29 is 5.11 Å². The van der Waals surface area contributed by atoms with Gasteiger partial charge >= 0.3 is 0 Å². The standard InChI is InChI=1S/C15H21N3O/c19-12-6-2-5-10-16-13-14-9-11-18(17-14)15-7-3-1-4-8-15/h1,3-4,7-9,11,16,19H,2,5-6,10,12-13H2. The van der Waals surface area contributed by atoms with Gasteiger partial charge in [0.2, 0.25) is 0 Å². The molecule has 1 heterocycles. The van der Waals surface area contributed by atoms with Gasteiger partial charge in [-0.05, 0) is 44.0 Å². The second kappa shape index (κ2) is 7.71. The third-order valence-corrected chi connectivity index (χ3v) is 2.98. The van der Waals surface area contributed by atoms with E-state index in [2.05, 4.69) is 10.4 Å². The highest BCUT2D eigenvalue weighted by atomic mass is 16.2. The summed E-state index contributed by atoms with van der Waals surface area (Å²) >= 11 is 0. The molecule has 2 rings (SSSR count). The van der Waals surface area contributed by atoms with Gasteiger partial charge in [0.1, 0.15) is 0 Å². The smallest absolute Gasteiger partial charge is 0.0766 e. The summed E-state index contributed by atoms with van der Waals surface area (Å²) in [6, 6.07) is 12.1. The van der Waals surface area contributed by atoms with Gasteiger partial charge in [-0.1, -0.05) is 18.2 Å². The van der Waals surface area contributed by atoms with Crippen molar-refractivity contribution in [2.75, 3.05) is 13.2 Å². The van der Waals surface area contributed by atoms with Crippen LogP contribution < -0.4 is 5.32 Å². The zero-order chi connectivity index (χ0) is 13.3. The summed E-state index contributed by atoms with van der Waals surface area (Å²) in [7, 11) is 0. The average Bonchev–Trinajstić information content (AvgIpc) is 2.92. The lowest BCUT2D eigenvalue weighted by Crippen LogP contribution is -2.15. The molecule has 1 aromatic carbocycles. The second-order valence-corrected chi connectivity index (χ2v) is 4.55. The number of benzene rings is 1. The third-order valence-electron chi connectivity index (χ3n) is 2.98. The number of unbranched alkanes of at least 4 members (excludes halogenated alkanes) is 2. The van der Waals surface area contributed by atoms with Crippen LogP contribution in [0, 0.1) is 0 Å². The van der Waals surface area contributed by atoms with Crippen molar-refractivity contribution in [3.05, 3.63) is 48.3 Å². The quantitative estimate of drug-likeness (QED) is 0.714. The van der Waals surface area contributed by atoms with E-state index in [0.717, 1.165) is 43.7 Å². The molecule has 4 nitrogen and oxygen atoms in total. The Bertz CT molecular complexity index is 467. The van der Waals surface area contributed by atoms with Gasteiger partial charge in [0.15, 0.2) is 0 Å². The molecule has 0 bridgehead atoms. The van der Waals surface area contributed by atoms with Crippen LogP contribution in [0.3, 0.4) is 0 Å². The molecule has 4 heteroatoms. The molecular weight excluding hydrogens is 238 g/mol. The molecular formula is C15H21N3O. The van der Waals surface area contributed by atoms with Crippen molar-refractivity contribution in [1.29, 1.82) is 0 Å². The number of nitrogens with zero attached hydrogens (tertiary/aromatic N) is 2. The summed E-state index contributed by atoms with van der Waals surface area (Å²) in [5, 5.41) is 16.6. The number of aliphatic hydroxyl groups excluding tert-OH is 1. The Balaban J connectivity index is 1.75. The minimum atomic E-state index is 0.293. The van der Waals surface area contributed by atoms with Crippen LogP contribution in [0.5, 0.6) is 0 Å². The number of para-hydroxylation sites is 1. The van der Waals surface area contributed by atoms with Crippen molar-refractivity contribution in [2.45, 2.75) is 25.8 Å². The van der Waals surface area contributed by atoms with E-state index in [1.807, 2.05) is 47.3 Å². The van der Waals surface area contributed by atoms with Crippen molar-refractivity contribution in [1.82, 2.24) is 15.1 Å². The Labute approximate surface area is 114 Å². The Kier molecular flexibility index (Phi) is 5.59. The maximum Gasteiger partial charge on any atom is 0.0766 e. The molecule has 0 radical (unpaired) electrons. The maximum atomic E-state index is 8.68. The number of aromatic nitrogens is 2. The molecule has 1 aromatic heterocycles. The van der Waals surface area contributed by atoms with Crippen LogP contribution in [-0.4, -0.2) is 28.0 Å². The molecule has 0 saturated carbocycles. The van der Waals surface area contributed by atoms with Crippen LogP contribution in [0.25, 0.3) is 5.69 Å². The summed E-state index contributed by atoms with van der Waals surface area (Å²) in [6.07, 6.45) is 5.05. The van der Waals surface area contributed by atoms with Gasteiger partial charge in [-0.3, -0.25) is 0 Å². The van der Waals surface area contributed by atoms with Crippen LogP contribution in [0.4, 0.5) is 0 Å². The number of nitrogens with one attached hydrogen (secondary N) is 1. The highest BCUT2D eigenvalue weighted by molar-refractivity contribution is 5.30. The SMILES string of the molecule is OCCCCCNCc1ccn(-c2ccccc2)n1. The van der Waals surface area contributed by atoms with Gasteiger partial charge < -0.3 is 10.4 Å². The van der Waals surface area contributed by atoms with Crippen LogP contribution in [0.2, 0.25) is 0 Å². The van der Waals surface area contributed by atoms with Crippen molar-refractivity contribution in [3.63, 3.8) is 0 Å². The average molecular weight is 259 g/mol.